The molecular formula is C36H47N3O5. The number of Topliss-reactive ketones (excluding diaryl/α,β-unsaturated/α-hetero) is 1. The summed E-state index contributed by atoms with van der Waals surface area (Å²) in [5.41, 5.74) is 3.08. The number of benzene rings is 2. The van der Waals surface area contributed by atoms with Crippen molar-refractivity contribution in [2.24, 2.45) is 5.41 Å². The lowest BCUT2D eigenvalue weighted by Crippen LogP contribution is -2.43. The topological polar surface area (TPSA) is 89.9 Å². The van der Waals surface area contributed by atoms with E-state index in [1.165, 1.54) is 0 Å². The van der Waals surface area contributed by atoms with Crippen LogP contribution in [0.4, 0.5) is 4.79 Å². The van der Waals surface area contributed by atoms with Crippen molar-refractivity contribution >= 4 is 28.7 Å². The number of hydrogen-bond donors (Lipinski definition) is 1. The fraction of sp³-hybridized carbons (Fsp3) is 0.528. The molecular weight excluding hydrogens is 554 g/mol. The van der Waals surface area contributed by atoms with Crippen LogP contribution in [-0.4, -0.2) is 59.1 Å². The van der Waals surface area contributed by atoms with Crippen LogP contribution in [0.15, 0.2) is 42.5 Å². The van der Waals surface area contributed by atoms with E-state index in [-0.39, 0.29) is 29.2 Å². The standard InChI is InChI=1S/C36H47N3O5/c1-9-36(10-2)22-35(6,7)29-27-19-24(32(41)37-25-17-18-38(21-25)33(42)44-34(3,4)5)13-16-28(27)39(30(29)31(36)40)20-23-11-14-26(43-8)15-12-23/h11-16,19,25H,9-10,17-18,20-22H2,1-8H3,(H,37,41). The van der Waals surface area contributed by atoms with Gasteiger partial charge in [-0.2, -0.15) is 0 Å². The largest absolute Gasteiger partial charge is 0.497 e. The first-order valence-electron chi connectivity index (χ1n) is 15.8. The van der Waals surface area contributed by atoms with Crippen molar-refractivity contribution in [3.05, 3.63) is 64.8 Å². The van der Waals surface area contributed by atoms with E-state index < -0.39 is 11.0 Å². The molecule has 1 unspecified atom stereocenters. The summed E-state index contributed by atoms with van der Waals surface area (Å²) in [5, 5.41) is 4.08. The quantitative estimate of drug-likeness (QED) is 0.312. The number of carbonyl (C=O) groups is 3. The van der Waals surface area contributed by atoms with Crippen LogP contribution in [0.1, 0.15) is 106 Å². The molecule has 0 bridgehead atoms. The molecule has 8 heteroatoms. The molecule has 2 heterocycles. The van der Waals surface area contributed by atoms with Crippen molar-refractivity contribution in [2.75, 3.05) is 20.2 Å². The molecule has 5 rings (SSSR count). The van der Waals surface area contributed by atoms with Crippen molar-refractivity contribution in [3.63, 3.8) is 0 Å². The molecule has 8 nitrogen and oxygen atoms in total. The van der Waals surface area contributed by atoms with Crippen LogP contribution in [-0.2, 0) is 16.7 Å². The van der Waals surface area contributed by atoms with E-state index in [4.69, 9.17) is 9.47 Å². The maximum atomic E-state index is 14.4. The summed E-state index contributed by atoms with van der Waals surface area (Å²) in [4.78, 5) is 42.2. The minimum Gasteiger partial charge on any atom is -0.497 e. The fourth-order valence-corrected chi connectivity index (χ4v) is 7.22. The Kier molecular flexibility index (Phi) is 8.33. The highest BCUT2D eigenvalue weighted by Crippen LogP contribution is 2.52. The van der Waals surface area contributed by atoms with Crippen molar-refractivity contribution in [1.82, 2.24) is 14.8 Å². The Labute approximate surface area is 261 Å². The predicted molar refractivity (Wildman–Crippen MR) is 173 cm³/mol. The Morgan fingerprint density at radius 2 is 1.73 bits per heavy atom. The lowest BCUT2D eigenvalue weighted by Gasteiger charge is -2.43. The first kappa shape index (κ1) is 31.6. The molecule has 1 saturated heterocycles. The van der Waals surface area contributed by atoms with Gasteiger partial charge in [0.05, 0.1) is 12.8 Å². The van der Waals surface area contributed by atoms with E-state index in [0.29, 0.717) is 31.6 Å². The summed E-state index contributed by atoms with van der Waals surface area (Å²) >= 11 is 0. The normalized spacial score (nSPS) is 19.1. The molecule has 0 saturated carbocycles. The van der Waals surface area contributed by atoms with Crippen LogP contribution in [0.25, 0.3) is 10.9 Å². The highest BCUT2D eigenvalue weighted by atomic mass is 16.6. The molecule has 2 aliphatic rings. The number of rotatable bonds is 7. The van der Waals surface area contributed by atoms with E-state index in [1.54, 1.807) is 12.0 Å². The van der Waals surface area contributed by atoms with Crippen LogP contribution in [0, 0.1) is 5.41 Å². The second kappa shape index (κ2) is 11.6. The van der Waals surface area contributed by atoms with Gasteiger partial charge in [0.2, 0.25) is 0 Å². The van der Waals surface area contributed by atoms with Crippen molar-refractivity contribution in [3.8, 4) is 5.75 Å². The van der Waals surface area contributed by atoms with Gasteiger partial charge in [-0.05, 0) is 93.3 Å². The summed E-state index contributed by atoms with van der Waals surface area (Å²) < 4.78 is 13.0. The van der Waals surface area contributed by atoms with Crippen molar-refractivity contribution < 1.29 is 23.9 Å². The van der Waals surface area contributed by atoms with Crippen molar-refractivity contribution in [2.45, 2.75) is 97.8 Å². The second-order valence-electron chi connectivity index (χ2n) is 14.2. The van der Waals surface area contributed by atoms with E-state index >= 15 is 0 Å². The number of likely N-dealkylation sites (tertiary alicyclic amines) is 1. The molecule has 236 valence electrons. The number of nitrogens with zero attached hydrogens (tertiary/aromatic N) is 2. The monoisotopic (exact) mass is 601 g/mol. The zero-order chi connectivity index (χ0) is 32.0. The number of ketones is 1. The average Bonchev–Trinajstić information content (AvgIpc) is 3.57. The highest BCUT2D eigenvalue weighted by Gasteiger charge is 2.50. The van der Waals surface area contributed by atoms with Gasteiger partial charge in [-0.15, -0.1) is 0 Å². The minimum absolute atomic E-state index is 0.160. The lowest BCUT2D eigenvalue weighted by atomic mass is 9.59. The molecule has 2 aromatic carbocycles. The van der Waals surface area contributed by atoms with Gasteiger partial charge in [0.1, 0.15) is 11.4 Å². The van der Waals surface area contributed by atoms with E-state index in [0.717, 1.165) is 52.7 Å². The van der Waals surface area contributed by atoms with Crippen LogP contribution >= 0.6 is 0 Å². The number of aromatic nitrogens is 1. The smallest absolute Gasteiger partial charge is 0.410 e. The molecule has 1 aliphatic heterocycles. The average molecular weight is 602 g/mol. The van der Waals surface area contributed by atoms with E-state index in [1.807, 2.05) is 63.2 Å². The van der Waals surface area contributed by atoms with Crippen LogP contribution in [0.3, 0.4) is 0 Å². The summed E-state index contributed by atoms with van der Waals surface area (Å²) in [6, 6.07) is 13.6. The predicted octanol–water partition coefficient (Wildman–Crippen LogP) is 7.11. The molecule has 2 amide bonds. The number of methoxy groups -OCH3 is 1. The summed E-state index contributed by atoms with van der Waals surface area (Å²) in [6.45, 7) is 15.7. The molecule has 1 atom stereocenters. The first-order chi connectivity index (χ1) is 20.7. The minimum atomic E-state index is -0.570. The number of hydrogen-bond acceptors (Lipinski definition) is 5. The molecule has 1 N–H and O–H groups in total. The van der Waals surface area contributed by atoms with Crippen LogP contribution in [0.5, 0.6) is 5.75 Å². The number of carbonyl (C=O) groups excluding carboxylic acids is 3. The van der Waals surface area contributed by atoms with Crippen LogP contribution in [0.2, 0.25) is 0 Å². The first-order valence-corrected chi connectivity index (χ1v) is 15.8. The van der Waals surface area contributed by atoms with Crippen molar-refractivity contribution in [1.29, 1.82) is 0 Å². The number of amides is 2. The van der Waals surface area contributed by atoms with Gasteiger partial charge >= 0.3 is 6.09 Å². The fourth-order valence-electron chi connectivity index (χ4n) is 7.22. The Balaban J connectivity index is 1.51. The van der Waals surface area contributed by atoms with Gasteiger partial charge < -0.3 is 24.3 Å². The second-order valence-corrected chi connectivity index (χ2v) is 14.2. The number of nitrogens with one attached hydrogen (secondary N) is 1. The summed E-state index contributed by atoms with van der Waals surface area (Å²) in [7, 11) is 1.65. The van der Waals surface area contributed by atoms with Gasteiger partial charge in [0, 0.05) is 47.6 Å². The summed E-state index contributed by atoms with van der Waals surface area (Å²) in [5.74, 6) is 0.796. The van der Waals surface area contributed by atoms with Gasteiger partial charge in [0.15, 0.2) is 5.78 Å². The van der Waals surface area contributed by atoms with E-state index in [9.17, 15) is 14.4 Å². The Morgan fingerprint density at radius 1 is 1.05 bits per heavy atom. The Morgan fingerprint density at radius 3 is 2.34 bits per heavy atom. The maximum Gasteiger partial charge on any atom is 0.410 e. The molecule has 3 aromatic rings. The van der Waals surface area contributed by atoms with Gasteiger partial charge in [-0.3, -0.25) is 9.59 Å². The van der Waals surface area contributed by atoms with E-state index in [2.05, 4.69) is 37.6 Å². The maximum absolute atomic E-state index is 14.4. The molecule has 1 aromatic heterocycles. The zero-order valence-corrected chi connectivity index (χ0v) is 27.5. The third-order valence-electron chi connectivity index (χ3n) is 9.51. The Bertz CT molecular complexity index is 1570. The van der Waals surface area contributed by atoms with Gasteiger partial charge in [-0.25, -0.2) is 4.79 Å². The Hall–Kier alpha value is -3.81. The van der Waals surface area contributed by atoms with Crippen LogP contribution < -0.4 is 10.1 Å². The molecule has 1 fully saturated rings. The lowest BCUT2D eigenvalue weighted by molar-refractivity contribution is 0.0289. The van der Waals surface area contributed by atoms with Gasteiger partial charge in [0.25, 0.3) is 5.91 Å². The highest BCUT2D eigenvalue weighted by molar-refractivity contribution is 6.09. The third kappa shape index (κ3) is 5.83. The van der Waals surface area contributed by atoms with Gasteiger partial charge in [-0.1, -0.05) is 39.8 Å². The SMILES string of the molecule is CCC1(CC)CC(C)(C)c2c(n(Cc3ccc(OC)cc3)c3ccc(C(=O)NC4CCN(C(=O)OC(C)(C)C)C4)cc23)C1=O. The molecule has 1 aliphatic carbocycles. The zero-order valence-electron chi connectivity index (χ0n) is 27.5. The molecule has 0 radical (unpaired) electrons. The molecule has 44 heavy (non-hydrogen) atoms. The third-order valence-corrected chi connectivity index (χ3v) is 9.51. The number of ether oxygens (including phenoxy) is 2. The summed E-state index contributed by atoms with van der Waals surface area (Å²) in [6.07, 6.45) is 2.63. The number of fused-ring (bicyclic) bond motifs is 3. The molecule has 0 spiro atoms.